The molecule has 6 amide bonds. The van der Waals surface area contributed by atoms with Crippen LogP contribution in [0.5, 0.6) is 11.5 Å². The lowest BCUT2D eigenvalue weighted by Crippen LogP contribution is -2.54. The largest absolute Gasteiger partial charge is 0.496 e. The molecule has 0 bridgehead atoms. The van der Waals surface area contributed by atoms with Crippen molar-refractivity contribution in [3.63, 3.8) is 0 Å². The van der Waals surface area contributed by atoms with Crippen molar-refractivity contribution in [3.8, 4) is 22.6 Å². The second-order valence-corrected chi connectivity index (χ2v) is 15.5. The lowest BCUT2D eigenvalue weighted by Gasteiger charge is -2.44. The SMILES string of the molecule is CNC(=O)N1CCc2c(-c3cc(OC)c(CN4CC(CN5CCN(c6ccc7c(c6)C(=O)N(C6CCC(=O)NC6=O)C7=O)CC5)C4)c(OC)c3)cn(C)c(=O)c2C1. The Morgan fingerprint density at radius 3 is 2.21 bits per heavy atom. The standard InChI is InChI=1S/C41H48N8O8/c1-42-41(55)48-10-9-27-30(21-44(2)38(52)31(27)23-48)25-15-34(56-3)32(35(16-25)57-4)22-46-19-24(20-46)18-45-11-13-47(14-12-45)26-5-6-28-29(17-26)40(54)49(39(28)53)33-7-8-36(50)43-37(33)51/h5-6,15-17,21,24,33H,7-14,18-20,22-23H2,1-4H3,(H,42,55)(H,43,50,51). The second-order valence-electron chi connectivity index (χ2n) is 15.5. The number of nitrogens with one attached hydrogen (secondary N) is 2. The first kappa shape index (κ1) is 38.1. The van der Waals surface area contributed by atoms with Crippen LogP contribution in [0.4, 0.5) is 10.5 Å². The van der Waals surface area contributed by atoms with E-state index in [1.807, 2.05) is 24.4 Å². The highest BCUT2D eigenvalue weighted by Crippen LogP contribution is 2.39. The van der Waals surface area contributed by atoms with Crippen molar-refractivity contribution in [2.24, 2.45) is 13.0 Å². The molecule has 0 saturated carbocycles. The molecule has 3 aromatic rings. The highest BCUT2D eigenvalue weighted by Gasteiger charge is 2.45. The first-order valence-corrected chi connectivity index (χ1v) is 19.5. The number of piperidine rings is 1. The van der Waals surface area contributed by atoms with E-state index < -0.39 is 29.7 Å². The maximum absolute atomic E-state index is 13.3. The first-order chi connectivity index (χ1) is 27.5. The number of carbonyl (C=O) groups excluding carboxylic acids is 5. The topological polar surface area (TPSA) is 166 Å². The van der Waals surface area contributed by atoms with Gasteiger partial charge in [0.05, 0.1) is 37.5 Å². The number of nitrogens with zero attached hydrogens (tertiary/aromatic N) is 6. The molecule has 0 spiro atoms. The number of rotatable bonds is 9. The van der Waals surface area contributed by atoms with E-state index in [9.17, 15) is 28.8 Å². The van der Waals surface area contributed by atoms with Crippen molar-refractivity contribution in [3.05, 3.63) is 74.7 Å². The zero-order chi connectivity index (χ0) is 40.1. The number of benzene rings is 2. The zero-order valence-corrected chi connectivity index (χ0v) is 32.8. The van der Waals surface area contributed by atoms with E-state index >= 15 is 0 Å². The monoisotopic (exact) mass is 780 g/mol. The summed E-state index contributed by atoms with van der Waals surface area (Å²) in [6.45, 7) is 7.58. The van der Waals surface area contributed by atoms with E-state index in [2.05, 4.69) is 25.3 Å². The molecule has 16 heteroatoms. The van der Waals surface area contributed by atoms with Crippen molar-refractivity contribution < 1.29 is 33.4 Å². The van der Waals surface area contributed by atoms with Gasteiger partial charge in [0.1, 0.15) is 17.5 Å². The van der Waals surface area contributed by atoms with Crippen molar-refractivity contribution >= 4 is 35.3 Å². The number of urea groups is 1. The normalized spacial score (nSPS) is 20.3. The number of ether oxygens (including phenoxy) is 2. The molecule has 1 aromatic heterocycles. The molecule has 1 unspecified atom stereocenters. The maximum Gasteiger partial charge on any atom is 0.317 e. The number of aromatic nitrogens is 1. The molecule has 6 heterocycles. The number of hydrogen-bond acceptors (Lipinski definition) is 11. The molecule has 300 valence electrons. The minimum Gasteiger partial charge on any atom is -0.496 e. The van der Waals surface area contributed by atoms with Crippen molar-refractivity contribution in [1.29, 1.82) is 0 Å². The van der Waals surface area contributed by atoms with E-state index in [-0.39, 0.29) is 36.5 Å². The molecular formula is C41H48N8O8. The molecule has 3 saturated heterocycles. The number of fused-ring (bicyclic) bond motifs is 2. The van der Waals surface area contributed by atoms with E-state index in [0.29, 0.717) is 36.6 Å². The van der Waals surface area contributed by atoms with Gasteiger partial charge in [0.25, 0.3) is 17.4 Å². The van der Waals surface area contributed by atoms with Gasteiger partial charge in [-0.3, -0.25) is 44.0 Å². The highest BCUT2D eigenvalue weighted by molar-refractivity contribution is 6.23. The second kappa shape index (κ2) is 15.3. The molecule has 2 aromatic carbocycles. The van der Waals surface area contributed by atoms with Crippen LogP contribution in [0.2, 0.25) is 0 Å². The van der Waals surface area contributed by atoms with Crippen LogP contribution in [0, 0.1) is 5.92 Å². The van der Waals surface area contributed by atoms with Crippen LogP contribution < -0.4 is 30.6 Å². The average Bonchev–Trinajstić information content (AvgIpc) is 3.45. The molecular weight excluding hydrogens is 732 g/mol. The van der Waals surface area contributed by atoms with E-state index in [1.54, 1.807) is 49.9 Å². The number of anilines is 1. The van der Waals surface area contributed by atoms with Gasteiger partial charge in [-0.15, -0.1) is 0 Å². The van der Waals surface area contributed by atoms with Crippen LogP contribution in [0.25, 0.3) is 11.1 Å². The average molecular weight is 781 g/mol. The van der Waals surface area contributed by atoms with Crippen molar-refractivity contribution in [2.75, 3.05) is 78.5 Å². The third-order valence-corrected chi connectivity index (χ3v) is 12.1. The minimum absolute atomic E-state index is 0.0848. The lowest BCUT2D eigenvalue weighted by molar-refractivity contribution is -0.136. The van der Waals surface area contributed by atoms with Crippen molar-refractivity contribution in [2.45, 2.75) is 38.4 Å². The van der Waals surface area contributed by atoms with E-state index in [0.717, 1.165) is 90.2 Å². The van der Waals surface area contributed by atoms with Crippen LogP contribution in [0.15, 0.2) is 41.3 Å². The quantitative estimate of drug-likeness (QED) is 0.302. The number of piperazine rings is 1. The van der Waals surface area contributed by atoms with Crippen LogP contribution >= 0.6 is 0 Å². The minimum atomic E-state index is -0.982. The molecule has 0 aliphatic carbocycles. The predicted molar refractivity (Wildman–Crippen MR) is 209 cm³/mol. The molecule has 3 fully saturated rings. The Morgan fingerprint density at radius 1 is 0.842 bits per heavy atom. The molecule has 1 atom stereocenters. The predicted octanol–water partition coefficient (Wildman–Crippen LogP) is 1.42. The molecule has 5 aliphatic heterocycles. The summed E-state index contributed by atoms with van der Waals surface area (Å²) in [5.74, 6) is -0.0542. The Balaban J connectivity index is 0.872. The molecule has 2 N–H and O–H groups in total. The number of imide groups is 2. The fourth-order valence-electron chi connectivity index (χ4n) is 9.03. The van der Waals surface area contributed by atoms with Crippen LogP contribution in [-0.4, -0.2) is 133 Å². The Labute approximate surface area is 330 Å². The molecule has 5 aliphatic rings. The van der Waals surface area contributed by atoms with Gasteiger partial charge in [0.15, 0.2) is 0 Å². The summed E-state index contributed by atoms with van der Waals surface area (Å²) in [5, 5.41) is 4.90. The van der Waals surface area contributed by atoms with Crippen LogP contribution in [0.3, 0.4) is 0 Å². The molecule has 57 heavy (non-hydrogen) atoms. The third kappa shape index (κ3) is 7.01. The van der Waals surface area contributed by atoms with Gasteiger partial charge >= 0.3 is 6.03 Å². The van der Waals surface area contributed by atoms with Gasteiger partial charge in [-0.25, -0.2) is 4.79 Å². The summed E-state index contributed by atoms with van der Waals surface area (Å²) in [6, 6.07) is 8.14. The zero-order valence-electron chi connectivity index (χ0n) is 32.8. The molecule has 8 rings (SSSR count). The number of pyridine rings is 1. The fourth-order valence-corrected chi connectivity index (χ4v) is 9.03. The van der Waals surface area contributed by atoms with Gasteiger partial charge in [-0.05, 0) is 60.2 Å². The summed E-state index contributed by atoms with van der Waals surface area (Å²) < 4.78 is 13.5. The van der Waals surface area contributed by atoms with Crippen LogP contribution in [-0.2, 0) is 36.1 Å². The van der Waals surface area contributed by atoms with Gasteiger partial charge < -0.3 is 29.2 Å². The summed E-state index contributed by atoms with van der Waals surface area (Å²) >= 11 is 0. The molecule has 16 nitrogen and oxygen atoms in total. The smallest absolute Gasteiger partial charge is 0.317 e. The number of methoxy groups -OCH3 is 2. The van der Waals surface area contributed by atoms with Crippen molar-refractivity contribution in [1.82, 2.24) is 34.8 Å². The Morgan fingerprint density at radius 2 is 1.54 bits per heavy atom. The number of hydrogen-bond donors (Lipinski definition) is 2. The summed E-state index contributed by atoms with van der Waals surface area (Å²) in [6.07, 6.45) is 2.64. The number of likely N-dealkylation sites (tertiary alicyclic amines) is 1. The third-order valence-electron chi connectivity index (χ3n) is 12.1. The van der Waals surface area contributed by atoms with Gasteiger partial charge in [-0.1, -0.05) is 0 Å². The summed E-state index contributed by atoms with van der Waals surface area (Å²) in [7, 11) is 6.65. The number of aryl methyl sites for hydroxylation is 1. The van der Waals surface area contributed by atoms with Gasteiger partial charge in [0.2, 0.25) is 11.8 Å². The Hall–Kier alpha value is -5.74. The van der Waals surface area contributed by atoms with E-state index in [4.69, 9.17) is 9.47 Å². The van der Waals surface area contributed by atoms with Crippen LogP contribution in [0.1, 0.15) is 50.2 Å². The number of amides is 6. The van der Waals surface area contributed by atoms with Gasteiger partial charge in [-0.2, -0.15) is 0 Å². The highest BCUT2D eigenvalue weighted by atomic mass is 16.5. The molecule has 0 radical (unpaired) electrons. The first-order valence-electron chi connectivity index (χ1n) is 19.5. The summed E-state index contributed by atoms with van der Waals surface area (Å²) in [4.78, 5) is 85.8. The number of carbonyl (C=O) groups is 5. The van der Waals surface area contributed by atoms with Gasteiger partial charge in [0, 0.05) is 102 Å². The fraction of sp³-hybridized carbons (Fsp3) is 0.463. The lowest BCUT2D eigenvalue weighted by atomic mass is 9.91. The Bertz CT molecular complexity index is 2200. The maximum atomic E-state index is 13.3. The Kier molecular flexibility index (Phi) is 10.2. The summed E-state index contributed by atoms with van der Waals surface area (Å²) in [5.41, 5.74) is 5.69. The van der Waals surface area contributed by atoms with E-state index in [1.165, 1.54) is 0 Å².